The molecule has 1 aliphatic rings. The van der Waals surface area contributed by atoms with E-state index in [0.29, 0.717) is 6.04 Å². The van der Waals surface area contributed by atoms with Gasteiger partial charge in [0.2, 0.25) is 0 Å². The number of hydrogen-bond acceptors (Lipinski definition) is 3. The number of anilines is 1. The van der Waals surface area contributed by atoms with E-state index in [1.807, 2.05) is 12.1 Å². The van der Waals surface area contributed by atoms with Gasteiger partial charge in [0.25, 0.3) is 0 Å². The number of aromatic nitrogens is 1. The zero-order chi connectivity index (χ0) is 9.26. The van der Waals surface area contributed by atoms with Crippen molar-refractivity contribution >= 4 is 21.6 Å². The number of halogens is 1. The summed E-state index contributed by atoms with van der Waals surface area (Å²) in [5.74, 6) is 0. The van der Waals surface area contributed by atoms with Crippen molar-refractivity contribution < 1.29 is 5.11 Å². The quantitative estimate of drug-likeness (QED) is 0.778. The summed E-state index contributed by atoms with van der Waals surface area (Å²) in [7, 11) is 0. The lowest BCUT2D eigenvalue weighted by Gasteiger charge is -2.32. The molecule has 1 aliphatic carbocycles. The Morgan fingerprint density at radius 2 is 2.31 bits per heavy atom. The van der Waals surface area contributed by atoms with Crippen molar-refractivity contribution in [1.29, 1.82) is 0 Å². The van der Waals surface area contributed by atoms with Gasteiger partial charge in [-0.2, -0.15) is 0 Å². The third kappa shape index (κ3) is 2.19. The molecule has 0 aliphatic heterocycles. The van der Waals surface area contributed by atoms with E-state index in [-0.39, 0.29) is 6.10 Å². The number of aliphatic hydroxyl groups excluding tert-OH is 1. The van der Waals surface area contributed by atoms with E-state index in [4.69, 9.17) is 5.11 Å². The van der Waals surface area contributed by atoms with Crippen LogP contribution in [0.5, 0.6) is 0 Å². The molecule has 0 atom stereocenters. The smallest absolute Gasteiger partial charge is 0.108 e. The highest BCUT2D eigenvalue weighted by Crippen LogP contribution is 2.24. The number of rotatable bonds is 2. The molecule has 0 spiro atoms. The van der Waals surface area contributed by atoms with Gasteiger partial charge in [-0.25, -0.2) is 4.98 Å². The molecule has 1 aromatic rings. The fourth-order valence-corrected chi connectivity index (χ4v) is 1.80. The Morgan fingerprint density at radius 1 is 1.54 bits per heavy atom. The average Bonchev–Trinajstić information content (AvgIpc) is 2.01. The monoisotopic (exact) mass is 242 g/mol. The van der Waals surface area contributed by atoms with Crippen LogP contribution in [0.1, 0.15) is 12.8 Å². The molecule has 1 saturated carbocycles. The fourth-order valence-electron chi connectivity index (χ4n) is 1.43. The van der Waals surface area contributed by atoms with Gasteiger partial charge in [-0.1, -0.05) is 0 Å². The Hall–Kier alpha value is -0.610. The van der Waals surface area contributed by atoms with Gasteiger partial charge in [0, 0.05) is 17.9 Å². The first-order chi connectivity index (χ1) is 6.24. The molecule has 0 bridgehead atoms. The molecule has 1 aromatic heterocycles. The topological polar surface area (TPSA) is 45.1 Å². The summed E-state index contributed by atoms with van der Waals surface area (Å²) in [6, 6.07) is 4.28. The molecule has 0 unspecified atom stereocenters. The lowest BCUT2D eigenvalue weighted by atomic mass is 9.89. The van der Waals surface area contributed by atoms with Crippen molar-refractivity contribution in [3.8, 4) is 0 Å². The Bertz CT molecular complexity index is 299. The van der Waals surface area contributed by atoms with E-state index >= 15 is 0 Å². The van der Waals surface area contributed by atoms with Crippen LogP contribution >= 0.6 is 15.9 Å². The van der Waals surface area contributed by atoms with Crippen LogP contribution in [-0.4, -0.2) is 22.2 Å². The molecule has 4 heteroatoms. The maximum Gasteiger partial charge on any atom is 0.108 e. The van der Waals surface area contributed by atoms with Crippen molar-refractivity contribution in [1.82, 2.24) is 4.98 Å². The van der Waals surface area contributed by atoms with Crippen molar-refractivity contribution in [2.24, 2.45) is 0 Å². The number of aliphatic hydroxyl groups is 1. The van der Waals surface area contributed by atoms with Crippen LogP contribution in [0, 0.1) is 0 Å². The largest absolute Gasteiger partial charge is 0.393 e. The van der Waals surface area contributed by atoms with Gasteiger partial charge < -0.3 is 10.4 Å². The van der Waals surface area contributed by atoms with Gasteiger partial charge in [0.05, 0.1) is 6.10 Å². The standard InChI is InChI=1S/C9H11BrN2O/c10-9-5-6(1-2-11-9)12-7-3-8(13)4-7/h1-2,5,7-8,13H,3-4H2,(H,11,12). The van der Waals surface area contributed by atoms with E-state index in [0.717, 1.165) is 23.1 Å². The number of hydrogen-bond donors (Lipinski definition) is 2. The molecule has 1 fully saturated rings. The second-order valence-corrected chi connectivity index (χ2v) is 4.15. The summed E-state index contributed by atoms with van der Waals surface area (Å²) in [5, 5.41) is 12.4. The first-order valence-electron chi connectivity index (χ1n) is 4.30. The maximum atomic E-state index is 9.09. The van der Waals surface area contributed by atoms with Crippen LogP contribution in [0.3, 0.4) is 0 Å². The van der Waals surface area contributed by atoms with Crippen molar-refractivity contribution in [3.05, 3.63) is 22.9 Å². The molecular formula is C9H11BrN2O. The van der Waals surface area contributed by atoms with Gasteiger partial charge in [-0.3, -0.25) is 0 Å². The fraction of sp³-hybridized carbons (Fsp3) is 0.444. The van der Waals surface area contributed by atoms with Crippen LogP contribution in [-0.2, 0) is 0 Å². The molecule has 13 heavy (non-hydrogen) atoms. The normalized spacial score (nSPS) is 26.6. The summed E-state index contributed by atoms with van der Waals surface area (Å²) in [6.45, 7) is 0. The lowest BCUT2D eigenvalue weighted by molar-refractivity contribution is 0.0836. The second kappa shape index (κ2) is 3.64. The molecule has 0 saturated heterocycles. The van der Waals surface area contributed by atoms with Gasteiger partial charge in [0.1, 0.15) is 4.60 Å². The third-order valence-electron chi connectivity index (χ3n) is 2.21. The summed E-state index contributed by atoms with van der Waals surface area (Å²) in [6.07, 6.45) is 3.34. The van der Waals surface area contributed by atoms with Crippen LogP contribution < -0.4 is 5.32 Å². The zero-order valence-corrected chi connectivity index (χ0v) is 8.66. The number of nitrogens with zero attached hydrogens (tertiary/aromatic N) is 1. The molecule has 2 N–H and O–H groups in total. The minimum Gasteiger partial charge on any atom is -0.393 e. The molecule has 3 nitrogen and oxygen atoms in total. The van der Waals surface area contributed by atoms with Crippen molar-refractivity contribution in [3.63, 3.8) is 0 Å². The Kier molecular flexibility index (Phi) is 2.51. The average molecular weight is 243 g/mol. The second-order valence-electron chi connectivity index (χ2n) is 3.33. The minimum atomic E-state index is -0.109. The zero-order valence-electron chi connectivity index (χ0n) is 7.07. The van der Waals surface area contributed by atoms with E-state index < -0.39 is 0 Å². The summed E-state index contributed by atoms with van der Waals surface area (Å²) in [5.41, 5.74) is 1.05. The molecule has 0 aromatic carbocycles. The lowest BCUT2D eigenvalue weighted by Crippen LogP contribution is -2.38. The molecular weight excluding hydrogens is 232 g/mol. The van der Waals surface area contributed by atoms with Crippen LogP contribution in [0.4, 0.5) is 5.69 Å². The highest BCUT2D eigenvalue weighted by atomic mass is 79.9. The third-order valence-corrected chi connectivity index (χ3v) is 2.64. The van der Waals surface area contributed by atoms with Crippen LogP contribution in [0.25, 0.3) is 0 Å². The van der Waals surface area contributed by atoms with E-state index in [9.17, 15) is 0 Å². The van der Waals surface area contributed by atoms with Crippen LogP contribution in [0.2, 0.25) is 0 Å². The van der Waals surface area contributed by atoms with Gasteiger partial charge in [0.15, 0.2) is 0 Å². The van der Waals surface area contributed by atoms with Gasteiger partial charge >= 0.3 is 0 Å². The van der Waals surface area contributed by atoms with E-state index in [2.05, 4.69) is 26.2 Å². The molecule has 70 valence electrons. The van der Waals surface area contributed by atoms with E-state index in [1.165, 1.54) is 0 Å². The maximum absolute atomic E-state index is 9.09. The van der Waals surface area contributed by atoms with Crippen LogP contribution in [0.15, 0.2) is 22.9 Å². The predicted molar refractivity (Wildman–Crippen MR) is 54.6 cm³/mol. The summed E-state index contributed by atoms with van der Waals surface area (Å²) >= 11 is 3.30. The Balaban J connectivity index is 1.94. The highest BCUT2D eigenvalue weighted by molar-refractivity contribution is 9.10. The predicted octanol–water partition coefficient (Wildman–Crippen LogP) is 1.78. The molecule has 1 heterocycles. The number of pyridine rings is 1. The number of nitrogens with one attached hydrogen (secondary N) is 1. The summed E-state index contributed by atoms with van der Waals surface area (Å²) in [4.78, 5) is 4.03. The molecule has 0 amide bonds. The van der Waals surface area contributed by atoms with E-state index in [1.54, 1.807) is 6.20 Å². The Morgan fingerprint density at radius 3 is 2.92 bits per heavy atom. The van der Waals surface area contributed by atoms with Crippen molar-refractivity contribution in [2.75, 3.05) is 5.32 Å². The minimum absolute atomic E-state index is 0.109. The Labute approximate surface area is 85.3 Å². The first-order valence-corrected chi connectivity index (χ1v) is 5.09. The van der Waals surface area contributed by atoms with Gasteiger partial charge in [-0.05, 0) is 40.9 Å². The first kappa shape index (κ1) is 8.97. The van der Waals surface area contributed by atoms with Crippen molar-refractivity contribution in [2.45, 2.75) is 25.0 Å². The molecule has 0 radical (unpaired) electrons. The van der Waals surface area contributed by atoms with Gasteiger partial charge in [-0.15, -0.1) is 0 Å². The summed E-state index contributed by atoms with van der Waals surface area (Å²) < 4.78 is 0.831. The highest BCUT2D eigenvalue weighted by Gasteiger charge is 2.26. The SMILES string of the molecule is OC1CC(Nc2ccnc(Br)c2)C1. The molecule has 2 rings (SSSR count).